The molecule has 0 radical (unpaired) electrons. The summed E-state index contributed by atoms with van der Waals surface area (Å²) in [6, 6.07) is 6.22. The van der Waals surface area contributed by atoms with Crippen molar-refractivity contribution < 1.29 is 50.2 Å². The van der Waals surface area contributed by atoms with Crippen LogP contribution < -0.4 is 0 Å². The molecule has 5 rings (SSSR count). The number of carbonyl (C=O) groups is 3. The number of rotatable bonds is 5. The Morgan fingerprint density at radius 2 is 1.80 bits per heavy atom. The van der Waals surface area contributed by atoms with Crippen LogP contribution in [0.1, 0.15) is 43.0 Å². The second-order valence-electron chi connectivity index (χ2n) is 11.7. The largest absolute Gasteiger partial charge is 0.444 e. The van der Waals surface area contributed by atoms with E-state index in [1.807, 2.05) is 0 Å². The van der Waals surface area contributed by atoms with Crippen LogP contribution in [0.5, 0.6) is 0 Å². The van der Waals surface area contributed by atoms with Crippen LogP contribution in [0.15, 0.2) is 47.5 Å². The summed E-state index contributed by atoms with van der Waals surface area (Å²) < 4.78 is 92.4. The third kappa shape index (κ3) is 7.49. The molecule has 0 saturated carbocycles. The molecular weight excluding hydrogens is 642 g/mol. The fraction of sp³-hybridized carbons (Fsp3) is 0.400. The van der Waals surface area contributed by atoms with Gasteiger partial charge in [0.1, 0.15) is 5.60 Å². The van der Waals surface area contributed by atoms with Crippen LogP contribution in [0.25, 0.3) is 17.0 Å². The van der Waals surface area contributed by atoms with Crippen molar-refractivity contribution in [3.63, 3.8) is 0 Å². The average Bonchev–Trinajstić information content (AvgIpc) is 3.46. The summed E-state index contributed by atoms with van der Waals surface area (Å²) >= 11 is 0.730. The van der Waals surface area contributed by atoms with E-state index in [1.54, 1.807) is 39.0 Å². The van der Waals surface area contributed by atoms with Gasteiger partial charge in [0, 0.05) is 11.9 Å². The number of alkyl halides is 6. The lowest BCUT2D eigenvalue weighted by Crippen LogP contribution is -2.51. The van der Waals surface area contributed by atoms with Crippen LogP contribution in [0.3, 0.4) is 0 Å². The maximum atomic E-state index is 13.6. The van der Waals surface area contributed by atoms with Gasteiger partial charge in [-0.15, -0.1) is 0 Å². The average molecular weight is 671 g/mol. The monoisotopic (exact) mass is 670 g/mol. The molecule has 3 aromatic rings. The van der Waals surface area contributed by atoms with Gasteiger partial charge in [-0.3, -0.25) is 19.2 Å². The van der Waals surface area contributed by atoms with E-state index in [0.717, 1.165) is 22.7 Å². The molecule has 3 amide bonds. The molecule has 2 aromatic carbocycles. The number of hydrogen-bond acceptors (Lipinski definition) is 7. The summed E-state index contributed by atoms with van der Waals surface area (Å²) in [5.41, 5.74) is -2.98. The fourth-order valence-corrected chi connectivity index (χ4v) is 5.82. The van der Waals surface area contributed by atoms with Gasteiger partial charge in [0.15, 0.2) is 0 Å². The molecule has 1 aromatic heterocycles. The van der Waals surface area contributed by atoms with Crippen LogP contribution in [0.2, 0.25) is 0 Å². The molecule has 0 spiro atoms. The predicted octanol–water partition coefficient (Wildman–Crippen LogP) is 6.79. The second-order valence-corrected chi connectivity index (χ2v) is 12.7. The maximum Gasteiger partial charge on any atom is 0.416 e. The third-order valence-electron chi connectivity index (χ3n) is 7.08. The number of hydrogen-bond donors (Lipinski definition) is 0. The van der Waals surface area contributed by atoms with Gasteiger partial charge < -0.3 is 14.4 Å². The van der Waals surface area contributed by atoms with Gasteiger partial charge in [0.05, 0.1) is 60.1 Å². The summed E-state index contributed by atoms with van der Waals surface area (Å²) in [5, 5.41) is 4.10. The number of morpholine rings is 1. The highest BCUT2D eigenvalue weighted by atomic mass is 32.2. The molecule has 2 fully saturated rings. The summed E-state index contributed by atoms with van der Waals surface area (Å²) in [6.45, 7) is 5.37. The van der Waals surface area contributed by atoms with Crippen molar-refractivity contribution in [2.75, 3.05) is 26.2 Å². The number of aromatic nitrogens is 2. The molecule has 0 aliphatic carbocycles. The first-order chi connectivity index (χ1) is 21.4. The van der Waals surface area contributed by atoms with Crippen LogP contribution in [-0.4, -0.2) is 74.8 Å². The molecule has 3 heterocycles. The molecule has 0 N–H and O–H groups in total. The molecule has 246 valence electrons. The number of imide groups is 1. The predicted molar refractivity (Wildman–Crippen MR) is 156 cm³/mol. The summed E-state index contributed by atoms with van der Waals surface area (Å²) in [4.78, 5) is 41.0. The Morgan fingerprint density at radius 3 is 2.48 bits per heavy atom. The van der Waals surface area contributed by atoms with E-state index in [9.17, 15) is 40.7 Å². The lowest BCUT2D eigenvalue weighted by molar-refractivity contribution is -0.143. The van der Waals surface area contributed by atoms with Gasteiger partial charge in [-0.05, 0) is 74.0 Å². The highest BCUT2D eigenvalue weighted by Crippen LogP contribution is 2.38. The number of nitrogens with zero attached hydrogens (tertiary/aromatic N) is 4. The van der Waals surface area contributed by atoms with Crippen molar-refractivity contribution in [2.45, 2.75) is 51.4 Å². The van der Waals surface area contributed by atoms with Crippen molar-refractivity contribution in [2.24, 2.45) is 0 Å². The zero-order valence-electron chi connectivity index (χ0n) is 24.7. The van der Waals surface area contributed by atoms with Gasteiger partial charge in [0.2, 0.25) is 0 Å². The van der Waals surface area contributed by atoms with Gasteiger partial charge in [-0.1, -0.05) is 12.1 Å². The Kier molecular flexibility index (Phi) is 8.90. The summed E-state index contributed by atoms with van der Waals surface area (Å²) in [5.74, 6) is -0.550. The number of carbonyl (C=O) groups excluding carboxylic acids is 3. The van der Waals surface area contributed by atoms with E-state index in [2.05, 4.69) is 5.10 Å². The number of benzene rings is 2. The Balaban J connectivity index is 1.30. The molecule has 1 atom stereocenters. The van der Waals surface area contributed by atoms with E-state index in [1.165, 1.54) is 21.9 Å². The molecule has 0 bridgehead atoms. The second kappa shape index (κ2) is 12.3. The normalized spacial score (nSPS) is 19.1. The molecule has 2 aliphatic heterocycles. The highest BCUT2D eigenvalue weighted by molar-refractivity contribution is 8.18. The van der Waals surface area contributed by atoms with Gasteiger partial charge in [-0.2, -0.15) is 31.4 Å². The van der Waals surface area contributed by atoms with Gasteiger partial charge in [0.25, 0.3) is 11.1 Å². The standard InChI is InChI=1S/C30H28F6N4O5S/c1-28(2,3)45-26(42)38-8-9-44-21(15-38)16-39-25(41)24(46-27(39)43)11-17-4-7-23-19(10-17)13-37-40(23)14-18-5-6-20(29(31,32)33)12-22(18)30(34,35)36/h4-7,10-13,21H,8-9,14-16H2,1-3H3/b24-11-/t21-/m0/s1. The van der Waals surface area contributed by atoms with Crippen molar-refractivity contribution in [3.8, 4) is 0 Å². The molecular formula is C30H28F6N4O5S. The first kappa shape index (κ1) is 33.3. The molecule has 46 heavy (non-hydrogen) atoms. The van der Waals surface area contributed by atoms with Crippen LogP contribution in [0, 0.1) is 0 Å². The highest BCUT2D eigenvalue weighted by Gasteiger charge is 2.40. The van der Waals surface area contributed by atoms with Crippen molar-refractivity contribution in [3.05, 3.63) is 69.8 Å². The van der Waals surface area contributed by atoms with E-state index < -0.39 is 59.0 Å². The summed E-state index contributed by atoms with van der Waals surface area (Å²) in [7, 11) is 0. The maximum absolute atomic E-state index is 13.6. The number of fused-ring (bicyclic) bond motifs is 1. The number of halogens is 6. The minimum absolute atomic E-state index is 0.0724. The lowest BCUT2D eigenvalue weighted by atomic mass is 10.0. The number of ether oxygens (including phenoxy) is 2. The molecule has 2 saturated heterocycles. The lowest BCUT2D eigenvalue weighted by Gasteiger charge is -2.35. The van der Waals surface area contributed by atoms with Crippen molar-refractivity contribution in [1.29, 1.82) is 0 Å². The van der Waals surface area contributed by atoms with Gasteiger partial charge in [-0.25, -0.2) is 4.79 Å². The first-order valence-corrected chi connectivity index (χ1v) is 14.8. The Hall–Kier alpha value is -4.05. The zero-order chi connectivity index (χ0) is 33.6. The third-order valence-corrected chi connectivity index (χ3v) is 7.98. The molecule has 9 nitrogen and oxygen atoms in total. The van der Waals surface area contributed by atoms with E-state index >= 15 is 0 Å². The van der Waals surface area contributed by atoms with Gasteiger partial charge >= 0.3 is 18.4 Å². The Morgan fingerprint density at radius 1 is 1.07 bits per heavy atom. The SMILES string of the molecule is CC(C)(C)OC(=O)N1CCO[C@H](CN2C(=O)S/C(=C\c3ccc4c(cnn4Cc4ccc(C(F)(F)F)cc4C(F)(F)F)c3)C2=O)C1. The van der Waals surface area contributed by atoms with Crippen molar-refractivity contribution in [1.82, 2.24) is 19.6 Å². The van der Waals surface area contributed by atoms with Crippen LogP contribution in [-0.2, 0) is 33.2 Å². The van der Waals surface area contributed by atoms with E-state index in [0.29, 0.717) is 29.1 Å². The van der Waals surface area contributed by atoms with Crippen molar-refractivity contribution >= 4 is 46.0 Å². The molecule has 16 heteroatoms. The minimum Gasteiger partial charge on any atom is -0.444 e. The number of amides is 3. The van der Waals surface area contributed by atoms with E-state index in [-0.39, 0.29) is 36.2 Å². The minimum atomic E-state index is -5.02. The topological polar surface area (TPSA) is 94.0 Å². The Labute approximate surface area is 263 Å². The molecule has 2 aliphatic rings. The first-order valence-electron chi connectivity index (χ1n) is 14.0. The zero-order valence-corrected chi connectivity index (χ0v) is 25.6. The summed E-state index contributed by atoms with van der Waals surface area (Å²) in [6.07, 6.45) is -8.21. The fourth-order valence-electron chi connectivity index (χ4n) is 4.97. The quantitative estimate of drug-likeness (QED) is 0.218. The molecule has 0 unspecified atom stereocenters. The Bertz CT molecular complexity index is 1710. The number of thioether (sulfide) groups is 1. The van der Waals surface area contributed by atoms with Crippen LogP contribution in [0.4, 0.5) is 35.9 Å². The van der Waals surface area contributed by atoms with Crippen LogP contribution >= 0.6 is 11.8 Å². The smallest absolute Gasteiger partial charge is 0.416 e. The van der Waals surface area contributed by atoms with E-state index in [4.69, 9.17) is 9.47 Å².